The van der Waals surface area contributed by atoms with E-state index in [0.29, 0.717) is 18.6 Å². The number of ether oxygens (including phenoxy) is 2. The van der Waals surface area contributed by atoms with Crippen LogP contribution in [0.5, 0.6) is 0 Å². The second kappa shape index (κ2) is 13.2. The van der Waals surface area contributed by atoms with Gasteiger partial charge in [0.25, 0.3) is 13.9 Å². The maximum atomic E-state index is 13.6. The molecule has 2 aliphatic rings. The summed E-state index contributed by atoms with van der Waals surface area (Å²) in [6.45, 7) is 10.7. The van der Waals surface area contributed by atoms with Crippen molar-refractivity contribution in [3.8, 4) is 0 Å². The summed E-state index contributed by atoms with van der Waals surface area (Å²) < 4.78 is 46.8. The Labute approximate surface area is 265 Å². The molecular weight excluding hydrogens is 611 g/mol. The van der Waals surface area contributed by atoms with Crippen LogP contribution in [0.15, 0.2) is 76.4 Å². The molecule has 1 saturated carbocycles. The molecule has 45 heavy (non-hydrogen) atoms. The Morgan fingerprint density at radius 2 is 1.56 bits per heavy atom. The number of aryl methyl sites for hydroxylation is 1. The highest BCUT2D eigenvalue weighted by Gasteiger charge is 2.64. The average molecular weight is 657 g/mol. The van der Waals surface area contributed by atoms with Gasteiger partial charge in [0.05, 0.1) is 11.8 Å². The number of H-pyrrole nitrogens is 1. The van der Waals surface area contributed by atoms with Gasteiger partial charge in [-0.2, -0.15) is 0 Å². The van der Waals surface area contributed by atoms with E-state index in [1.54, 1.807) is 6.92 Å². The minimum absolute atomic E-state index is 0.240. The van der Waals surface area contributed by atoms with Gasteiger partial charge >= 0.3 is 13.3 Å². The number of nitrogens with one attached hydrogen (secondary N) is 1. The van der Waals surface area contributed by atoms with Gasteiger partial charge < -0.3 is 22.9 Å². The summed E-state index contributed by atoms with van der Waals surface area (Å²) in [5, 5.41) is 1.82. The number of rotatable bonds is 12. The monoisotopic (exact) mass is 656 g/mol. The zero-order valence-electron chi connectivity index (χ0n) is 27.1. The highest BCUT2D eigenvalue weighted by Crippen LogP contribution is 2.67. The van der Waals surface area contributed by atoms with Gasteiger partial charge in [0.15, 0.2) is 6.23 Å². The minimum atomic E-state index is -3.41. The Balaban J connectivity index is 1.71. The quantitative estimate of drug-likeness (QED) is 0.226. The van der Waals surface area contributed by atoms with E-state index in [4.69, 9.17) is 22.9 Å². The van der Waals surface area contributed by atoms with Gasteiger partial charge in [-0.25, -0.2) is 4.79 Å². The molecular formula is C33H45N2O8PSi. The second-order valence-electron chi connectivity index (χ2n) is 12.9. The molecule has 1 N–H and O–H groups in total. The van der Waals surface area contributed by atoms with Crippen molar-refractivity contribution in [1.29, 1.82) is 0 Å². The van der Waals surface area contributed by atoms with Crippen molar-refractivity contribution in [3.05, 3.63) is 93.3 Å². The third-order valence-electron chi connectivity index (χ3n) is 9.03. The molecule has 1 aromatic heterocycles. The molecule has 0 bridgehead atoms. The van der Waals surface area contributed by atoms with Gasteiger partial charge in [0.1, 0.15) is 12.2 Å². The lowest BCUT2D eigenvalue weighted by Crippen LogP contribution is -2.69. The van der Waals surface area contributed by atoms with Crippen molar-refractivity contribution in [2.24, 2.45) is 5.92 Å². The molecule has 3 aromatic rings. The topological polar surface area (TPSA) is 118 Å². The van der Waals surface area contributed by atoms with Crippen molar-refractivity contribution >= 4 is 26.3 Å². The summed E-state index contributed by atoms with van der Waals surface area (Å²) in [6.07, 6.45) is -0.115. The maximum Gasteiger partial charge on any atom is 0.333 e. The molecule has 6 atom stereocenters. The number of hydrogen-bond acceptors (Lipinski definition) is 8. The van der Waals surface area contributed by atoms with Crippen molar-refractivity contribution in [2.45, 2.75) is 82.7 Å². The smallest absolute Gasteiger partial charge is 0.333 e. The van der Waals surface area contributed by atoms with Gasteiger partial charge in [-0.15, -0.1) is 0 Å². The zero-order valence-corrected chi connectivity index (χ0v) is 29.0. The van der Waals surface area contributed by atoms with E-state index >= 15 is 0 Å². The predicted molar refractivity (Wildman–Crippen MR) is 176 cm³/mol. The minimum Gasteiger partial charge on any atom is -0.399 e. The fraction of sp³-hybridized carbons (Fsp3) is 0.515. The predicted octanol–water partition coefficient (Wildman–Crippen LogP) is 4.36. The highest BCUT2D eigenvalue weighted by molar-refractivity contribution is 7.55. The highest BCUT2D eigenvalue weighted by atomic mass is 31.2. The van der Waals surface area contributed by atoms with Crippen LogP contribution in [0.25, 0.3) is 0 Å². The Kier molecular flexibility index (Phi) is 9.92. The molecule has 2 heterocycles. The van der Waals surface area contributed by atoms with E-state index in [-0.39, 0.29) is 11.0 Å². The molecule has 2 fully saturated rings. The van der Waals surface area contributed by atoms with Crippen LogP contribution >= 0.6 is 7.60 Å². The van der Waals surface area contributed by atoms with Crippen molar-refractivity contribution in [3.63, 3.8) is 0 Å². The average Bonchev–Trinajstić information content (AvgIpc) is 3.76. The summed E-state index contributed by atoms with van der Waals surface area (Å²) in [4.78, 5) is 28.0. The molecule has 10 nitrogen and oxygen atoms in total. The van der Waals surface area contributed by atoms with Crippen LogP contribution in [0, 0.1) is 12.8 Å². The zero-order chi connectivity index (χ0) is 32.6. The largest absolute Gasteiger partial charge is 0.399 e. The summed E-state index contributed by atoms with van der Waals surface area (Å²) in [6, 6.07) is 20.6. The lowest BCUT2D eigenvalue weighted by Gasteiger charge is -2.46. The lowest BCUT2D eigenvalue weighted by molar-refractivity contribution is -0.0712. The van der Waals surface area contributed by atoms with Gasteiger partial charge in [-0.3, -0.25) is 18.9 Å². The van der Waals surface area contributed by atoms with E-state index < -0.39 is 57.4 Å². The molecule has 12 heteroatoms. The first-order valence-electron chi connectivity index (χ1n) is 15.5. The van der Waals surface area contributed by atoms with Crippen molar-refractivity contribution in [1.82, 2.24) is 9.55 Å². The third-order valence-corrected chi connectivity index (χ3v) is 16.5. The number of aromatic nitrogens is 2. The van der Waals surface area contributed by atoms with Crippen LogP contribution in [0.2, 0.25) is 5.04 Å². The molecule has 1 aliphatic carbocycles. The van der Waals surface area contributed by atoms with Crippen LogP contribution in [-0.4, -0.2) is 62.7 Å². The van der Waals surface area contributed by atoms with Crippen LogP contribution in [0.1, 0.15) is 52.3 Å². The molecule has 1 aliphatic heterocycles. The molecule has 0 amide bonds. The van der Waals surface area contributed by atoms with E-state index in [0.717, 1.165) is 16.8 Å². The van der Waals surface area contributed by atoms with Crippen molar-refractivity contribution < 1.29 is 27.5 Å². The molecule has 0 radical (unpaired) electrons. The SMILES string of the molecule is CCCOC1[C@@H](O[Si](c2ccccc2)(c2ccccc2)C(C)(C)C)[C@@H](C2CC2P(=O)(OC)OC)O[C@H]1n1cc(C)c(=O)[nH]c1=O. The first-order valence-corrected chi connectivity index (χ1v) is 19.0. The van der Waals surface area contributed by atoms with Gasteiger partial charge in [-0.1, -0.05) is 88.4 Å². The molecule has 5 rings (SSSR count). The van der Waals surface area contributed by atoms with E-state index in [2.05, 4.69) is 50.0 Å². The summed E-state index contributed by atoms with van der Waals surface area (Å²) in [5.41, 5.74) is -1.09. The summed E-state index contributed by atoms with van der Waals surface area (Å²) >= 11 is 0. The number of aromatic amines is 1. The van der Waals surface area contributed by atoms with E-state index in [1.807, 2.05) is 43.3 Å². The van der Waals surface area contributed by atoms with E-state index in [1.165, 1.54) is 25.0 Å². The van der Waals surface area contributed by atoms with E-state index in [9.17, 15) is 14.2 Å². The Hall–Kier alpha value is -2.63. The van der Waals surface area contributed by atoms with Gasteiger partial charge in [-0.05, 0) is 35.2 Å². The maximum absolute atomic E-state index is 13.6. The van der Waals surface area contributed by atoms with Crippen LogP contribution < -0.4 is 21.6 Å². The van der Waals surface area contributed by atoms with Gasteiger partial charge in [0, 0.05) is 38.5 Å². The summed E-state index contributed by atoms with van der Waals surface area (Å²) in [7, 11) is -3.77. The fourth-order valence-corrected chi connectivity index (χ4v) is 13.3. The Bertz CT molecular complexity index is 1580. The first kappa shape index (κ1) is 33.7. The first-order chi connectivity index (χ1) is 21.4. The Morgan fingerprint density at radius 3 is 2.07 bits per heavy atom. The van der Waals surface area contributed by atoms with Crippen molar-refractivity contribution in [2.75, 3.05) is 20.8 Å². The lowest BCUT2D eigenvalue weighted by atomic mass is 10.1. The number of nitrogens with zero attached hydrogens (tertiary/aromatic N) is 1. The number of benzene rings is 2. The van der Waals surface area contributed by atoms with Crippen LogP contribution in [0.3, 0.4) is 0 Å². The molecule has 1 saturated heterocycles. The van der Waals surface area contributed by atoms with Crippen LogP contribution in [0.4, 0.5) is 0 Å². The summed E-state index contributed by atoms with van der Waals surface area (Å²) in [5.74, 6) is -0.240. The van der Waals surface area contributed by atoms with Gasteiger partial charge in [0.2, 0.25) is 0 Å². The molecule has 2 aromatic carbocycles. The fourth-order valence-electron chi connectivity index (χ4n) is 6.73. The molecule has 0 spiro atoms. The van der Waals surface area contributed by atoms with Crippen LogP contribution in [-0.2, 0) is 27.5 Å². The Morgan fingerprint density at radius 1 is 0.978 bits per heavy atom. The normalized spacial score (nSPS) is 25.4. The second-order valence-corrected chi connectivity index (χ2v) is 19.6. The molecule has 3 unspecified atom stereocenters. The third kappa shape index (κ3) is 6.24. The standard InChI is InChI=1S/C33H45N2O8PSi/c1-8-19-41-29-28(43-45(33(3,4)5,23-15-11-9-12-16-23)24-17-13-10-14-18-24)27(25-20-26(25)44(38,39-6)40-7)42-31(29)35-21-22(2)30(36)34-32(35)37/h9-18,21,25-29,31H,8,19-20H2,1-7H3,(H,34,36,37)/t25?,26?,27-,28+,29?,31-/m1/s1. The molecule has 244 valence electrons. The number of hydrogen-bond donors (Lipinski definition) is 1.